The Morgan fingerprint density at radius 1 is 0.865 bits per heavy atom. The molecule has 1 aliphatic heterocycles. The lowest BCUT2D eigenvalue weighted by molar-refractivity contribution is -0.137. The summed E-state index contributed by atoms with van der Waals surface area (Å²) in [5.41, 5.74) is 0.816. The summed E-state index contributed by atoms with van der Waals surface area (Å²) in [4.78, 5) is 27.6. The van der Waals surface area contributed by atoms with Crippen molar-refractivity contribution in [1.29, 1.82) is 0 Å². The van der Waals surface area contributed by atoms with Gasteiger partial charge in [0, 0.05) is 11.3 Å². The summed E-state index contributed by atoms with van der Waals surface area (Å²) in [5.74, 6) is -2.97. The van der Waals surface area contributed by atoms with Crippen LogP contribution in [-0.2, 0) is 21.2 Å². The minimum Gasteiger partial charge on any atom is -0.507 e. The van der Waals surface area contributed by atoms with Crippen molar-refractivity contribution < 1.29 is 32.3 Å². The van der Waals surface area contributed by atoms with Crippen LogP contribution in [0, 0.1) is 12.7 Å². The van der Waals surface area contributed by atoms with Gasteiger partial charge in [-0.15, -0.1) is 0 Å². The summed E-state index contributed by atoms with van der Waals surface area (Å²) in [5, 5.41) is 11.4. The summed E-state index contributed by atoms with van der Waals surface area (Å²) < 4.78 is 53.1. The molecule has 192 valence electrons. The van der Waals surface area contributed by atoms with Gasteiger partial charge >= 0.3 is 6.18 Å². The average Bonchev–Trinajstić information content (AvgIpc) is 3.08. The summed E-state index contributed by atoms with van der Waals surface area (Å²) in [6, 6.07) is 13.1. The molecule has 3 aromatic carbocycles. The number of benzene rings is 3. The van der Waals surface area contributed by atoms with Gasteiger partial charge in [-0.25, -0.2) is 4.39 Å². The minimum atomic E-state index is -4.58. The Morgan fingerprint density at radius 2 is 1.43 bits per heavy atom. The fraction of sp³-hybridized carbons (Fsp3) is 0.241. The lowest BCUT2D eigenvalue weighted by Crippen LogP contribution is -2.29. The van der Waals surface area contributed by atoms with Crippen molar-refractivity contribution >= 4 is 23.1 Å². The van der Waals surface area contributed by atoms with Crippen LogP contribution in [0.1, 0.15) is 54.6 Å². The molecule has 4 rings (SSSR count). The molecule has 3 aromatic rings. The van der Waals surface area contributed by atoms with E-state index in [2.05, 4.69) is 0 Å². The number of halogens is 4. The number of carbonyl (C=O) groups is 2. The first kappa shape index (κ1) is 26.1. The Kier molecular flexibility index (Phi) is 6.48. The predicted molar refractivity (Wildman–Crippen MR) is 133 cm³/mol. The molecule has 4 nitrogen and oxygen atoms in total. The van der Waals surface area contributed by atoms with E-state index in [-0.39, 0.29) is 16.7 Å². The molecule has 37 heavy (non-hydrogen) atoms. The molecule has 1 fully saturated rings. The predicted octanol–water partition coefficient (Wildman–Crippen LogP) is 7.08. The first-order valence-electron chi connectivity index (χ1n) is 11.6. The highest BCUT2D eigenvalue weighted by atomic mass is 19.4. The number of aryl methyl sites for hydroxylation is 1. The van der Waals surface area contributed by atoms with Gasteiger partial charge in [0.2, 0.25) is 0 Å². The number of rotatable bonds is 3. The smallest absolute Gasteiger partial charge is 0.416 e. The molecule has 1 heterocycles. The van der Waals surface area contributed by atoms with Crippen molar-refractivity contribution in [2.24, 2.45) is 0 Å². The van der Waals surface area contributed by atoms with E-state index >= 15 is 0 Å². The van der Waals surface area contributed by atoms with Gasteiger partial charge in [-0.3, -0.25) is 14.5 Å². The number of ketones is 1. The first-order valence-corrected chi connectivity index (χ1v) is 11.6. The van der Waals surface area contributed by atoms with Crippen LogP contribution in [0.4, 0.5) is 23.2 Å². The molecule has 1 saturated heterocycles. The van der Waals surface area contributed by atoms with Crippen LogP contribution in [0.25, 0.3) is 5.76 Å². The molecule has 1 atom stereocenters. The topological polar surface area (TPSA) is 57.6 Å². The Hall–Kier alpha value is -3.94. The van der Waals surface area contributed by atoms with E-state index < -0.39 is 41.0 Å². The van der Waals surface area contributed by atoms with Gasteiger partial charge in [0.1, 0.15) is 11.6 Å². The average molecular weight is 512 g/mol. The third kappa shape index (κ3) is 4.88. The quantitative estimate of drug-likeness (QED) is 0.177. The number of anilines is 1. The van der Waals surface area contributed by atoms with E-state index in [0.29, 0.717) is 16.7 Å². The Bertz CT molecular complexity index is 1400. The molecule has 0 saturated carbocycles. The second-order valence-corrected chi connectivity index (χ2v) is 10.0. The Labute approximate surface area is 211 Å². The second-order valence-electron chi connectivity index (χ2n) is 10.0. The normalized spacial score (nSPS) is 17.9. The third-order valence-electron chi connectivity index (χ3n) is 6.46. The zero-order valence-electron chi connectivity index (χ0n) is 20.7. The molecule has 0 spiro atoms. The van der Waals surface area contributed by atoms with E-state index in [1.54, 1.807) is 19.1 Å². The molecule has 8 heteroatoms. The van der Waals surface area contributed by atoms with Crippen LogP contribution in [-0.4, -0.2) is 16.8 Å². The molecule has 0 radical (unpaired) electrons. The number of carbonyl (C=O) groups excluding carboxylic acids is 2. The molecule has 1 amide bonds. The number of aliphatic hydroxyl groups excluding tert-OH is 1. The minimum absolute atomic E-state index is 0.0311. The van der Waals surface area contributed by atoms with Crippen molar-refractivity contribution in [3.63, 3.8) is 0 Å². The molecule has 0 bridgehead atoms. The molecule has 1 unspecified atom stereocenters. The van der Waals surface area contributed by atoms with Crippen LogP contribution < -0.4 is 4.90 Å². The molecule has 0 aromatic heterocycles. The van der Waals surface area contributed by atoms with Crippen LogP contribution in [0.5, 0.6) is 0 Å². The highest BCUT2D eigenvalue weighted by Crippen LogP contribution is 2.43. The largest absolute Gasteiger partial charge is 0.507 e. The van der Waals surface area contributed by atoms with Crippen molar-refractivity contribution in [2.45, 2.75) is 45.3 Å². The van der Waals surface area contributed by atoms with Crippen molar-refractivity contribution in [1.82, 2.24) is 0 Å². The zero-order chi connectivity index (χ0) is 27.3. The third-order valence-corrected chi connectivity index (χ3v) is 6.46. The van der Waals surface area contributed by atoms with Gasteiger partial charge in [0.15, 0.2) is 0 Å². The second kappa shape index (κ2) is 9.18. The number of nitrogens with zero attached hydrogens (tertiary/aromatic N) is 1. The van der Waals surface area contributed by atoms with E-state index in [1.807, 2.05) is 26.8 Å². The van der Waals surface area contributed by atoms with Crippen LogP contribution in [0.2, 0.25) is 0 Å². The first-order chi connectivity index (χ1) is 17.2. The van der Waals surface area contributed by atoms with Gasteiger partial charge in [-0.05, 0) is 71.5 Å². The maximum absolute atomic E-state index is 13.7. The van der Waals surface area contributed by atoms with Gasteiger partial charge in [-0.1, -0.05) is 45.0 Å². The number of hydrogen-bond acceptors (Lipinski definition) is 3. The van der Waals surface area contributed by atoms with Crippen molar-refractivity contribution in [3.05, 3.63) is 106 Å². The number of amides is 1. The fourth-order valence-electron chi connectivity index (χ4n) is 4.36. The monoisotopic (exact) mass is 511 g/mol. The molecular formula is C29H25F4NO3. The van der Waals surface area contributed by atoms with Crippen molar-refractivity contribution in [2.75, 3.05) is 4.90 Å². The van der Waals surface area contributed by atoms with Crippen LogP contribution >= 0.6 is 0 Å². The van der Waals surface area contributed by atoms with Gasteiger partial charge in [0.05, 0.1) is 17.2 Å². The lowest BCUT2D eigenvalue weighted by atomic mass is 9.84. The summed E-state index contributed by atoms with van der Waals surface area (Å²) in [6.45, 7) is 7.72. The van der Waals surface area contributed by atoms with Crippen LogP contribution in [0.15, 0.2) is 72.3 Å². The van der Waals surface area contributed by atoms with E-state index in [1.165, 1.54) is 12.1 Å². The summed E-state index contributed by atoms with van der Waals surface area (Å²) in [7, 11) is 0. The number of hydrogen-bond donors (Lipinski definition) is 1. The molecule has 0 aliphatic carbocycles. The molecule has 1 aliphatic rings. The highest BCUT2D eigenvalue weighted by Gasteiger charge is 2.47. The van der Waals surface area contributed by atoms with Gasteiger partial charge in [-0.2, -0.15) is 13.2 Å². The summed E-state index contributed by atoms with van der Waals surface area (Å²) >= 11 is 0. The van der Waals surface area contributed by atoms with E-state index in [4.69, 9.17) is 0 Å². The zero-order valence-corrected chi connectivity index (χ0v) is 20.7. The fourth-order valence-corrected chi connectivity index (χ4v) is 4.36. The number of aliphatic hydroxyl groups is 1. The van der Waals surface area contributed by atoms with Gasteiger partial charge < -0.3 is 5.11 Å². The number of Topliss-reactive ketones (excluding diaryl/α,β-unsaturated/α-hetero) is 1. The Morgan fingerprint density at radius 3 is 1.97 bits per heavy atom. The van der Waals surface area contributed by atoms with Crippen molar-refractivity contribution in [3.8, 4) is 0 Å². The number of alkyl halides is 3. The summed E-state index contributed by atoms with van der Waals surface area (Å²) in [6.07, 6.45) is -4.58. The maximum atomic E-state index is 13.7. The van der Waals surface area contributed by atoms with Gasteiger partial charge in [0.25, 0.3) is 11.7 Å². The van der Waals surface area contributed by atoms with E-state index in [9.17, 15) is 32.3 Å². The Balaban J connectivity index is 1.94. The lowest BCUT2D eigenvalue weighted by Gasteiger charge is -2.26. The SMILES string of the molecule is Cc1ccc(C(C)(C)C)cc1/C(O)=C1\C(=O)C(=O)N(c2ccc(C(F)(F)F)cc2)C1c1ccc(F)cc1. The standard InChI is InChI=1S/C29H25F4NO3/c1-16-5-8-19(28(2,3)4)15-22(16)25(35)23-24(17-6-11-20(30)12-7-17)34(27(37)26(23)36)21-13-9-18(10-14-21)29(31,32)33/h5-15,24,35H,1-4H3/b25-23+. The molecular weight excluding hydrogens is 486 g/mol. The highest BCUT2D eigenvalue weighted by molar-refractivity contribution is 6.51. The molecule has 1 N–H and O–H groups in total. The van der Waals surface area contributed by atoms with Crippen LogP contribution in [0.3, 0.4) is 0 Å². The maximum Gasteiger partial charge on any atom is 0.416 e. The van der Waals surface area contributed by atoms with E-state index in [0.717, 1.165) is 46.9 Å².